The minimum Gasteiger partial charge on any atom is -0.491 e. The number of rotatable bonds is 9. The molecule has 190 valence electrons. The molecule has 4 rings (SSSR count). The number of hydrogen-bond acceptors (Lipinski definition) is 8. The molecule has 0 aliphatic carbocycles. The number of pyridine rings is 1. The first-order valence-electron chi connectivity index (χ1n) is 11.0. The summed E-state index contributed by atoms with van der Waals surface area (Å²) in [6.45, 7) is -1.38. The number of amides is 1. The van der Waals surface area contributed by atoms with E-state index in [9.17, 15) is 18.0 Å². The van der Waals surface area contributed by atoms with Gasteiger partial charge in [0.2, 0.25) is 5.88 Å². The van der Waals surface area contributed by atoms with Gasteiger partial charge < -0.3 is 24.3 Å². The van der Waals surface area contributed by atoms with Crippen molar-refractivity contribution in [3.8, 4) is 28.8 Å². The van der Waals surface area contributed by atoms with Crippen molar-refractivity contribution >= 4 is 5.91 Å². The summed E-state index contributed by atoms with van der Waals surface area (Å²) in [7, 11) is 1.49. The molecule has 0 saturated heterocycles. The Bertz CT molecular complexity index is 1170. The van der Waals surface area contributed by atoms with Crippen LogP contribution in [0.25, 0.3) is 11.1 Å². The van der Waals surface area contributed by atoms with Gasteiger partial charge in [-0.2, -0.15) is 13.2 Å². The maximum atomic E-state index is 12.7. The molecular weight excluding hydrogens is 481 g/mol. The molecule has 3 heterocycles. The summed E-state index contributed by atoms with van der Waals surface area (Å²) < 4.78 is 56.8. The lowest BCUT2D eigenvalue weighted by molar-refractivity contribution is -0.175. The van der Waals surface area contributed by atoms with E-state index in [-0.39, 0.29) is 37.1 Å². The van der Waals surface area contributed by atoms with Crippen LogP contribution in [-0.2, 0) is 11.2 Å². The van der Waals surface area contributed by atoms with Crippen molar-refractivity contribution in [3.63, 3.8) is 0 Å². The second-order valence-electron chi connectivity index (χ2n) is 7.83. The molecule has 36 heavy (non-hydrogen) atoms. The zero-order chi connectivity index (χ0) is 25.5. The summed E-state index contributed by atoms with van der Waals surface area (Å²) in [5.41, 5.74) is 2.93. The Morgan fingerprint density at radius 2 is 1.92 bits per heavy atom. The van der Waals surface area contributed by atoms with Gasteiger partial charge in [0, 0.05) is 42.2 Å². The van der Waals surface area contributed by atoms with E-state index >= 15 is 0 Å². The molecule has 2 aromatic heterocycles. The topological polar surface area (TPSA) is 105 Å². The molecule has 0 spiro atoms. The van der Waals surface area contributed by atoms with Crippen LogP contribution in [0.3, 0.4) is 0 Å². The smallest absolute Gasteiger partial charge is 0.411 e. The highest BCUT2D eigenvalue weighted by molar-refractivity contribution is 5.94. The number of nitrogens with one attached hydrogen (secondary N) is 1. The van der Waals surface area contributed by atoms with E-state index in [4.69, 9.17) is 14.2 Å². The van der Waals surface area contributed by atoms with E-state index in [0.717, 1.165) is 22.4 Å². The molecular formula is C24H23F3N4O5. The van der Waals surface area contributed by atoms with Crippen LogP contribution in [0.5, 0.6) is 17.6 Å². The number of alkyl halides is 3. The standard InChI is InChI=1S/C24H23F3N4O5/c1-33-23-29-11-16(12-30-23)18-3-2-4-20-19(18)9-17(13-36-20)31-22(32)15-5-6-21(28-10-15)35-8-7-34-14-24(25,26)27/h2-6,10-12,17H,7-9,13-14H2,1H3,(H,31,32)/t17-/m0/s1. The molecule has 0 unspecified atom stereocenters. The van der Waals surface area contributed by atoms with Crippen LogP contribution in [0.1, 0.15) is 15.9 Å². The Hall–Kier alpha value is -3.93. The van der Waals surface area contributed by atoms with Gasteiger partial charge >= 0.3 is 12.2 Å². The number of methoxy groups -OCH3 is 1. The van der Waals surface area contributed by atoms with E-state index in [2.05, 4.69) is 25.0 Å². The molecule has 12 heteroatoms. The van der Waals surface area contributed by atoms with Crippen LogP contribution in [0.2, 0.25) is 0 Å². The fourth-order valence-corrected chi connectivity index (χ4v) is 3.59. The van der Waals surface area contributed by atoms with Crippen LogP contribution < -0.4 is 19.5 Å². The van der Waals surface area contributed by atoms with Gasteiger partial charge in [0.15, 0.2) is 0 Å². The molecule has 0 radical (unpaired) electrons. The van der Waals surface area contributed by atoms with E-state index in [1.165, 1.54) is 25.4 Å². The van der Waals surface area contributed by atoms with Gasteiger partial charge in [-0.25, -0.2) is 15.0 Å². The van der Waals surface area contributed by atoms with Crippen LogP contribution in [-0.4, -0.2) is 66.6 Å². The summed E-state index contributed by atoms with van der Waals surface area (Å²) in [5, 5.41) is 2.94. The Balaban J connectivity index is 1.33. The molecule has 1 amide bonds. The largest absolute Gasteiger partial charge is 0.491 e. The van der Waals surface area contributed by atoms with Crippen molar-refractivity contribution < 1.29 is 36.9 Å². The quantitative estimate of drug-likeness (QED) is 0.443. The summed E-state index contributed by atoms with van der Waals surface area (Å²) in [6.07, 6.45) is 0.821. The molecule has 1 N–H and O–H groups in total. The number of hydrogen-bond donors (Lipinski definition) is 1. The van der Waals surface area contributed by atoms with Gasteiger partial charge in [0.25, 0.3) is 5.91 Å². The van der Waals surface area contributed by atoms with Crippen LogP contribution in [0, 0.1) is 0 Å². The lowest BCUT2D eigenvalue weighted by Crippen LogP contribution is -2.42. The zero-order valence-corrected chi connectivity index (χ0v) is 19.2. The van der Waals surface area contributed by atoms with Crippen molar-refractivity contribution in [1.29, 1.82) is 0 Å². The maximum Gasteiger partial charge on any atom is 0.411 e. The van der Waals surface area contributed by atoms with Crippen molar-refractivity contribution in [2.45, 2.75) is 18.6 Å². The predicted octanol–water partition coefficient (Wildman–Crippen LogP) is 3.24. The van der Waals surface area contributed by atoms with Crippen molar-refractivity contribution in [1.82, 2.24) is 20.3 Å². The van der Waals surface area contributed by atoms with Crippen LogP contribution in [0.4, 0.5) is 13.2 Å². The van der Waals surface area contributed by atoms with Gasteiger partial charge in [-0.05, 0) is 17.7 Å². The third kappa shape index (κ3) is 6.60. The monoisotopic (exact) mass is 504 g/mol. The third-order valence-corrected chi connectivity index (χ3v) is 5.22. The van der Waals surface area contributed by atoms with Gasteiger partial charge in [0.05, 0.1) is 25.3 Å². The summed E-state index contributed by atoms with van der Waals surface area (Å²) in [5.74, 6) is 0.560. The Morgan fingerprint density at radius 1 is 1.11 bits per heavy atom. The van der Waals surface area contributed by atoms with Gasteiger partial charge in [-0.1, -0.05) is 12.1 Å². The summed E-state index contributed by atoms with van der Waals surface area (Å²) >= 11 is 0. The van der Waals surface area contributed by atoms with E-state index < -0.39 is 12.8 Å². The molecule has 0 bridgehead atoms. The number of carbonyl (C=O) groups is 1. The van der Waals surface area contributed by atoms with Crippen LogP contribution in [0.15, 0.2) is 48.9 Å². The molecule has 1 atom stereocenters. The fraction of sp³-hybridized carbons (Fsp3) is 0.333. The van der Waals surface area contributed by atoms with Crippen molar-refractivity contribution in [2.24, 2.45) is 0 Å². The Labute approximate surface area is 204 Å². The molecule has 1 aliphatic rings. The van der Waals surface area contributed by atoms with Gasteiger partial charge in [-0.3, -0.25) is 4.79 Å². The summed E-state index contributed by atoms with van der Waals surface area (Å²) in [4.78, 5) is 25.1. The first-order valence-corrected chi connectivity index (χ1v) is 11.0. The SMILES string of the molecule is COc1ncc(-c2cccc3c2C[C@H](NC(=O)c2ccc(OCCOCC(F)(F)F)nc2)CO3)cn1. The number of ether oxygens (including phenoxy) is 4. The number of halogens is 3. The van der Waals surface area contributed by atoms with Crippen molar-refractivity contribution in [2.75, 3.05) is 33.5 Å². The number of carbonyl (C=O) groups excluding carboxylic acids is 1. The number of aromatic nitrogens is 3. The number of nitrogens with zero attached hydrogens (tertiary/aromatic N) is 3. The molecule has 3 aromatic rings. The van der Waals surface area contributed by atoms with Gasteiger partial charge in [-0.15, -0.1) is 0 Å². The first kappa shape index (κ1) is 25.2. The fourth-order valence-electron chi connectivity index (χ4n) is 3.59. The highest BCUT2D eigenvalue weighted by Crippen LogP contribution is 2.34. The first-order chi connectivity index (χ1) is 17.3. The number of fused-ring (bicyclic) bond motifs is 1. The zero-order valence-electron chi connectivity index (χ0n) is 19.2. The minimum absolute atomic E-state index is 0.102. The molecule has 9 nitrogen and oxygen atoms in total. The lowest BCUT2D eigenvalue weighted by Gasteiger charge is -2.28. The molecule has 1 aromatic carbocycles. The van der Waals surface area contributed by atoms with Crippen molar-refractivity contribution in [3.05, 3.63) is 60.0 Å². The van der Waals surface area contributed by atoms with E-state index in [1.807, 2.05) is 18.2 Å². The van der Waals surface area contributed by atoms with E-state index in [1.54, 1.807) is 12.4 Å². The average molecular weight is 504 g/mol. The predicted molar refractivity (Wildman–Crippen MR) is 121 cm³/mol. The Morgan fingerprint density at radius 3 is 2.61 bits per heavy atom. The molecule has 0 saturated carbocycles. The Kier molecular flexibility index (Phi) is 7.84. The second kappa shape index (κ2) is 11.2. The second-order valence-corrected chi connectivity index (χ2v) is 7.83. The molecule has 1 aliphatic heterocycles. The maximum absolute atomic E-state index is 12.7. The highest BCUT2D eigenvalue weighted by Gasteiger charge is 2.27. The van der Waals surface area contributed by atoms with Crippen LogP contribution >= 0.6 is 0 Å². The minimum atomic E-state index is -4.38. The highest BCUT2D eigenvalue weighted by atomic mass is 19.4. The normalized spacial score (nSPS) is 14.9. The lowest BCUT2D eigenvalue weighted by atomic mass is 9.94. The summed E-state index contributed by atoms with van der Waals surface area (Å²) in [6, 6.07) is 8.66. The van der Waals surface area contributed by atoms with Gasteiger partial charge in [0.1, 0.15) is 25.6 Å². The number of benzene rings is 1. The third-order valence-electron chi connectivity index (χ3n) is 5.22. The average Bonchev–Trinajstić information content (AvgIpc) is 2.88. The van der Waals surface area contributed by atoms with E-state index in [0.29, 0.717) is 18.6 Å². The molecule has 0 fully saturated rings.